The lowest BCUT2D eigenvalue weighted by Crippen LogP contribution is -2.12. The highest BCUT2D eigenvalue weighted by Crippen LogP contribution is 2.34. The summed E-state index contributed by atoms with van der Waals surface area (Å²) in [6.07, 6.45) is -5.46. The lowest BCUT2D eigenvalue weighted by molar-refractivity contribution is -0.139. The van der Waals surface area contributed by atoms with Crippen molar-refractivity contribution >= 4 is 11.7 Å². The van der Waals surface area contributed by atoms with Gasteiger partial charge in [-0.25, -0.2) is 0 Å². The largest absolute Gasteiger partial charge is 0.481 e. The number of hydrogen-bond donors (Lipinski definition) is 1. The van der Waals surface area contributed by atoms with Gasteiger partial charge in [-0.3, -0.25) is 4.79 Å². The van der Waals surface area contributed by atoms with E-state index in [2.05, 4.69) is 5.18 Å². The van der Waals surface area contributed by atoms with E-state index in [9.17, 15) is 22.9 Å². The Bertz CT molecular complexity index is 428. The van der Waals surface area contributed by atoms with Crippen LogP contribution in [0.3, 0.4) is 0 Å². The number of nitroso groups, excluding NO2 is 1. The van der Waals surface area contributed by atoms with Gasteiger partial charge < -0.3 is 5.11 Å². The lowest BCUT2D eigenvalue weighted by atomic mass is 10.0. The van der Waals surface area contributed by atoms with Crippen molar-refractivity contribution < 1.29 is 23.1 Å². The second-order valence-corrected chi connectivity index (χ2v) is 3.00. The summed E-state index contributed by atoms with van der Waals surface area (Å²) in [6, 6.07) is 2.51. The van der Waals surface area contributed by atoms with Crippen LogP contribution in [0.25, 0.3) is 0 Å². The highest BCUT2D eigenvalue weighted by Gasteiger charge is 2.34. The zero-order valence-corrected chi connectivity index (χ0v) is 7.78. The van der Waals surface area contributed by atoms with E-state index in [0.717, 1.165) is 12.1 Å². The van der Waals surface area contributed by atoms with Gasteiger partial charge in [-0.05, 0) is 22.9 Å². The number of carbonyl (C=O) groups is 1. The van der Waals surface area contributed by atoms with Gasteiger partial charge in [0.25, 0.3) is 0 Å². The van der Waals surface area contributed by atoms with E-state index < -0.39 is 29.7 Å². The zero-order valence-electron chi connectivity index (χ0n) is 7.78. The molecule has 1 N–H and O–H groups in total. The predicted octanol–water partition coefficient (Wildman–Crippen LogP) is 2.73. The topological polar surface area (TPSA) is 66.7 Å². The molecule has 86 valence electrons. The number of aliphatic carboxylic acids is 1. The Morgan fingerprint density at radius 1 is 1.38 bits per heavy atom. The first-order chi connectivity index (χ1) is 7.34. The molecule has 0 radical (unpaired) electrons. The average Bonchev–Trinajstić information content (AvgIpc) is 2.15. The molecule has 0 bridgehead atoms. The molecule has 0 heterocycles. The van der Waals surface area contributed by atoms with E-state index in [1.807, 2.05) is 0 Å². The fraction of sp³-hybridized carbons (Fsp3) is 0.222. The van der Waals surface area contributed by atoms with E-state index in [-0.39, 0.29) is 5.69 Å². The molecule has 0 spiro atoms. The molecule has 0 saturated carbocycles. The molecule has 0 saturated heterocycles. The van der Waals surface area contributed by atoms with E-state index in [1.54, 1.807) is 0 Å². The summed E-state index contributed by atoms with van der Waals surface area (Å²) in [6.45, 7) is 0. The highest BCUT2D eigenvalue weighted by molar-refractivity contribution is 5.71. The summed E-state index contributed by atoms with van der Waals surface area (Å²) in [7, 11) is 0. The maximum absolute atomic E-state index is 12.5. The van der Waals surface area contributed by atoms with Crippen LogP contribution in [-0.4, -0.2) is 11.1 Å². The molecule has 0 fully saturated rings. The molecule has 0 unspecified atom stereocenters. The standard InChI is InChI=1S/C9H6F3NO3/c10-9(11,12)7-4-6(13-16)2-1-5(7)3-8(14)15/h1-2,4H,3H2,(H,14,15). The minimum absolute atomic E-state index is 0.388. The average molecular weight is 233 g/mol. The third-order valence-electron chi connectivity index (χ3n) is 1.85. The van der Waals surface area contributed by atoms with Gasteiger partial charge in [-0.2, -0.15) is 13.2 Å². The van der Waals surface area contributed by atoms with Crippen molar-refractivity contribution in [1.82, 2.24) is 0 Å². The van der Waals surface area contributed by atoms with Gasteiger partial charge in [0.15, 0.2) is 0 Å². The highest BCUT2D eigenvalue weighted by atomic mass is 19.4. The third-order valence-corrected chi connectivity index (χ3v) is 1.85. The number of halogens is 3. The maximum Gasteiger partial charge on any atom is 0.416 e. The van der Waals surface area contributed by atoms with Crippen LogP contribution in [0, 0.1) is 4.91 Å². The minimum Gasteiger partial charge on any atom is -0.481 e. The molecule has 16 heavy (non-hydrogen) atoms. The van der Waals surface area contributed by atoms with Crippen LogP contribution in [0.15, 0.2) is 23.4 Å². The maximum atomic E-state index is 12.5. The summed E-state index contributed by atoms with van der Waals surface area (Å²) in [5, 5.41) is 10.8. The molecule has 0 aliphatic carbocycles. The van der Waals surface area contributed by atoms with Gasteiger partial charge in [-0.1, -0.05) is 6.07 Å². The Hall–Kier alpha value is -1.92. The normalized spacial score (nSPS) is 11.2. The van der Waals surface area contributed by atoms with E-state index in [1.165, 1.54) is 0 Å². The van der Waals surface area contributed by atoms with Crippen molar-refractivity contribution in [1.29, 1.82) is 0 Å². The van der Waals surface area contributed by atoms with Crippen molar-refractivity contribution in [3.05, 3.63) is 34.2 Å². The van der Waals surface area contributed by atoms with Crippen LogP contribution in [0.1, 0.15) is 11.1 Å². The van der Waals surface area contributed by atoms with E-state index in [0.29, 0.717) is 6.07 Å². The Kier molecular flexibility index (Phi) is 3.26. The molecule has 0 atom stereocenters. The summed E-state index contributed by atoms with van der Waals surface area (Å²) in [5.41, 5.74) is -1.93. The summed E-state index contributed by atoms with van der Waals surface area (Å²) in [4.78, 5) is 20.4. The summed E-state index contributed by atoms with van der Waals surface area (Å²) >= 11 is 0. The summed E-state index contributed by atoms with van der Waals surface area (Å²) < 4.78 is 37.4. The molecule has 4 nitrogen and oxygen atoms in total. The molecule has 1 rings (SSSR count). The van der Waals surface area contributed by atoms with Crippen LogP contribution in [0.5, 0.6) is 0 Å². The van der Waals surface area contributed by atoms with Crippen molar-refractivity contribution in [2.24, 2.45) is 5.18 Å². The van der Waals surface area contributed by atoms with Gasteiger partial charge >= 0.3 is 12.1 Å². The Labute approximate surface area is 87.7 Å². The molecule has 0 aliphatic heterocycles. The van der Waals surface area contributed by atoms with Gasteiger partial charge in [0.05, 0.1) is 12.0 Å². The lowest BCUT2D eigenvalue weighted by Gasteiger charge is -2.11. The van der Waals surface area contributed by atoms with Crippen molar-refractivity contribution in [3.8, 4) is 0 Å². The van der Waals surface area contributed by atoms with Gasteiger partial charge in [0.2, 0.25) is 0 Å². The van der Waals surface area contributed by atoms with Gasteiger partial charge in [-0.15, -0.1) is 4.91 Å². The number of carboxylic acid groups (broad SMARTS) is 1. The summed E-state index contributed by atoms with van der Waals surface area (Å²) in [5.74, 6) is -1.38. The van der Waals surface area contributed by atoms with Gasteiger partial charge in [0, 0.05) is 0 Å². The van der Waals surface area contributed by atoms with Crippen molar-refractivity contribution in [2.75, 3.05) is 0 Å². The number of hydrogen-bond acceptors (Lipinski definition) is 3. The predicted molar refractivity (Wildman–Crippen MR) is 48.2 cm³/mol. The second-order valence-electron chi connectivity index (χ2n) is 3.00. The van der Waals surface area contributed by atoms with Crippen LogP contribution < -0.4 is 0 Å². The monoisotopic (exact) mass is 233 g/mol. The van der Waals surface area contributed by atoms with Crippen LogP contribution in [0.4, 0.5) is 18.9 Å². The Balaban J connectivity index is 3.27. The first-order valence-corrected chi connectivity index (χ1v) is 4.10. The smallest absolute Gasteiger partial charge is 0.416 e. The molecular formula is C9H6F3NO3. The van der Waals surface area contributed by atoms with Crippen molar-refractivity contribution in [2.45, 2.75) is 12.6 Å². The molecule has 0 aliphatic rings. The number of benzene rings is 1. The molecule has 0 aromatic heterocycles. The zero-order chi connectivity index (χ0) is 12.3. The Morgan fingerprint density at radius 2 is 2.00 bits per heavy atom. The van der Waals surface area contributed by atoms with Crippen LogP contribution in [0.2, 0.25) is 0 Å². The van der Waals surface area contributed by atoms with Crippen LogP contribution in [-0.2, 0) is 17.4 Å². The molecule has 1 aromatic carbocycles. The fourth-order valence-corrected chi connectivity index (χ4v) is 1.20. The third kappa shape index (κ3) is 2.78. The fourth-order valence-electron chi connectivity index (χ4n) is 1.20. The van der Waals surface area contributed by atoms with E-state index >= 15 is 0 Å². The molecule has 0 amide bonds. The number of rotatable bonds is 3. The van der Waals surface area contributed by atoms with E-state index in [4.69, 9.17) is 5.11 Å². The first-order valence-electron chi connectivity index (χ1n) is 4.10. The van der Waals surface area contributed by atoms with Crippen molar-refractivity contribution in [3.63, 3.8) is 0 Å². The van der Waals surface area contributed by atoms with Crippen LogP contribution >= 0.6 is 0 Å². The molecular weight excluding hydrogens is 227 g/mol. The number of carboxylic acids is 1. The second kappa shape index (κ2) is 4.30. The minimum atomic E-state index is -4.70. The molecule has 1 aromatic rings. The van der Waals surface area contributed by atoms with Gasteiger partial charge in [0.1, 0.15) is 5.69 Å². The number of nitrogens with zero attached hydrogens (tertiary/aromatic N) is 1. The number of alkyl halides is 3. The molecule has 7 heteroatoms. The first kappa shape index (κ1) is 12.2. The Morgan fingerprint density at radius 3 is 2.44 bits per heavy atom. The quantitative estimate of drug-likeness (QED) is 0.816. The SMILES string of the molecule is O=Nc1ccc(CC(=O)O)c(C(F)(F)F)c1.